The maximum absolute atomic E-state index is 13.1. The van der Waals surface area contributed by atoms with Gasteiger partial charge in [0.05, 0.1) is 11.3 Å². The predicted molar refractivity (Wildman–Crippen MR) is 115 cm³/mol. The highest BCUT2D eigenvalue weighted by Gasteiger charge is 2.31. The van der Waals surface area contributed by atoms with Crippen molar-refractivity contribution in [1.29, 1.82) is 0 Å². The molecule has 2 aliphatic heterocycles. The predicted octanol–water partition coefficient (Wildman–Crippen LogP) is 4.53. The lowest BCUT2D eigenvalue weighted by Gasteiger charge is -2.37. The smallest absolute Gasteiger partial charge is 0.254 e. The number of hydrogen-bond donors (Lipinski definition) is 0. The zero-order valence-corrected chi connectivity index (χ0v) is 18.1. The van der Waals surface area contributed by atoms with Gasteiger partial charge in [-0.1, -0.05) is 26.8 Å². The molecule has 2 aliphatic rings. The van der Waals surface area contributed by atoms with Crippen molar-refractivity contribution in [2.24, 2.45) is 5.41 Å². The molecule has 2 aromatic heterocycles. The van der Waals surface area contributed by atoms with E-state index in [0.717, 1.165) is 69.7 Å². The van der Waals surface area contributed by atoms with Gasteiger partial charge in [0.15, 0.2) is 0 Å². The number of carbonyl (C=O) groups excluding carboxylic acids is 1. The van der Waals surface area contributed by atoms with Crippen molar-refractivity contribution in [1.82, 2.24) is 14.8 Å². The molecule has 1 saturated heterocycles. The van der Waals surface area contributed by atoms with Gasteiger partial charge in [-0.15, -0.1) is 11.3 Å². The van der Waals surface area contributed by atoms with Crippen LogP contribution in [0.15, 0.2) is 23.7 Å². The lowest BCUT2D eigenvalue weighted by atomic mass is 9.82. The Morgan fingerprint density at radius 3 is 2.68 bits per heavy atom. The summed E-state index contributed by atoms with van der Waals surface area (Å²) >= 11 is 1.75. The Hall–Kier alpha value is -1.72. The standard InChI is InChI=1S/C23H31N3OS/c1-4-17-5-6-18(24-13-17)14-25-10-7-19-20(16-28-21(19)15-25)22(27)26-11-8-23(2,3)9-12-26/h5-6,13,16H,4,7-12,14-15H2,1-3H3. The van der Waals surface area contributed by atoms with Crippen molar-refractivity contribution in [2.45, 2.75) is 59.5 Å². The van der Waals surface area contributed by atoms with E-state index in [-0.39, 0.29) is 5.91 Å². The van der Waals surface area contributed by atoms with Crippen LogP contribution in [0.5, 0.6) is 0 Å². The van der Waals surface area contributed by atoms with E-state index in [9.17, 15) is 4.79 Å². The van der Waals surface area contributed by atoms with E-state index < -0.39 is 0 Å². The molecule has 0 saturated carbocycles. The summed E-state index contributed by atoms with van der Waals surface area (Å²) in [7, 11) is 0. The molecule has 0 bridgehead atoms. The highest BCUT2D eigenvalue weighted by Crippen LogP contribution is 2.33. The third kappa shape index (κ3) is 4.15. The number of aryl methyl sites for hydroxylation is 1. The molecule has 0 aliphatic carbocycles. The highest BCUT2D eigenvalue weighted by atomic mass is 32.1. The molecule has 28 heavy (non-hydrogen) atoms. The minimum Gasteiger partial charge on any atom is -0.339 e. The van der Waals surface area contributed by atoms with Gasteiger partial charge in [-0.25, -0.2) is 0 Å². The molecule has 0 N–H and O–H groups in total. The maximum Gasteiger partial charge on any atom is 0.254 e. The fourth-order valence-corrected chi connectivity index (χ4v) is 5.28. The molecular weight excluding hydrogens is 366 g/mol. The molecule has 1 amide bonds. The second kappa shape index (κ2) is 7.96. The first-order valence-electron chi connectivity index (χ1n) is 10.5. The van der Waals surface area contributed by atoms with E-state index in [0.29, 0.717) is 5.41 Å². The van der Waals surface area contributed by atoms with Gasteiger partial charge in [-0.3, -0.25) is 14.7 Å². The summed E-state index contributed by atoms with van der Waals surface area (Å²) in [6.07, 6.45) is 6.19. The van der Waals surface area contributed by atoms with Gasteiger partial charge in [-0.05, 0) is 48.3 Å². The molecule has 0 radical (unpaired) electrons. The molecule has 2 aromatic rings. The Morgan fingerprint density at radius 1 is 1.21 bits per heavy atom. The van der Waals surface area contributed by atoms with Crippen LogP contribution >= 0.6 is 11.3 Å². The Labute approximate surface area is 172 Å². The number of hydrogen-bond acceptors (Lipinski definition) is 4. The molecule has 4 heterocycles. The van der Waals surface area contributed by atoms with E-state index >= 15 is 0 Å². The summed E-state index contributed by atoms with van der Waals surface area (Å²) < 4.78 is 0. The third-order valence-electron chi connectivity index (χ3n) is 6.34. The highest BCUT2D eigenvalue weighted by molar-refractivity contribution is 7.10. The Kier molecular flexibility index (Phi) is 5.57. The summed E-state index contributed by atoms with van der Waals surface area (Å²) in [4.78, 5) is 23.6. The normalized spacial score (nSPS) is 19.5. The number of thiophene rings is 1. The van der Waals surface area contributed by atoms with Gasteiger partial charge >= 0.3 is 0 Å². The largest absolute Gasteiger partial charge is 0.339 e. The minimum absolute atomic E-state index is 0.248. The minimum atomic E-state index is 0.248. The first-order valence-corrected chi connectivity index (χ1v) is 11.4. The number of likely N-dealkylation sites (tertiary alicyclic amines) is 1. The van der Waals surface area contributed by atoms with Gasteiger partial charge in [0, 0.05) is 49.2 Å². The van der Waals surface area contributed by atoms with Gasteiger partial charge in [0.2, 0.25) is 0 Å². The van der Waals surface area contributed by atoms with Crippen LogP contribution in [0.1, 0.15) is 65.7 Å². The SMILES string of the molecule is CCc1ccc(CN2CCc3c(C(=O)N4CCC(C)(C)CC4)csc3C2)nc1. The number of aromatic nitrogens is 1. The van der Waals surface area contributed by atoms with Gasteiger partial charge in [0.1, 0.15) is 0 Å². The second-order valence-electron chi connectivity index (χ2n) is 8.98. The third-order valence-corrected chi connectivity index (χ3v) is 7.35. The van der Waals surface area contributed by atoms with E-state index in [1.54, 1.807) is 11.3 Å². The average Bonchev–Trinajstić information content (AvgIpc) is 3.11. The van der Waals surface area contributed by atoms with E-state index in [4.69, 9.17) is 0 Å². The van der Waals surface area contributed by atoms with Crippen molar-refractivity contribution >= 4 is 17.2 Å². The topological polar surface area (TPSA) is 36.4 Å². The molecule has 5 heteroatoms. The van der Waals surface area contributed by atoms with Crippen LogP contribution in [0.4, 0.5) is 0 Å². The second-order valence-corrected chi connectivity index (χ2v) is 9.94. The summed E-state index contributed by atoms with van der Waals surface area (Å²) in [5.41, 5.74) is 5.04. The molecular formula is C23H31N3OS. The lowest BCUT2D eigenvalue weighted by Crippen LogP contribution is -2.41. The summed E-state index contributed by atoms with van der Waals surface area (Å²) in [5.74, 6) is 0.248. The van der Waals surface area contributed by atoms with Crippen LogP contribution in [0.3, 0.4) is 0 Å². The summed E-state index contributed by atoms with van der Waals surface area (Å²) in [6.45, 7) is 11.4. The van der Waals surface area contributed by atoms with Crippen molar-refractivity contribution in [2.75, 3.05) is 19.6 Å². The number of carbonyl (C=O) groups is 1. The molecule has 150 valence electrons. The van der Waals surface area contributed by atoms with Crippen molar-refractivity contribution < 1.29 is 4.79 Å². The van der Waals surface area contributed by atoms with Crippen LogP contribution in [-0.2, 0) is 25.9 Å². The number of piperidine rings is 1. The van der Waals surface area contributed by atoms with Gasteiger partial charge in [0.25, 0.3) is 5.91 Å². The monoisotopic (exact) mass is 397 g/mol. The number of pyridine rings is 1. The lowest BCUT2D eigenvalue weighted by molar-refractivity contribution is 0.0629. The Bertz CT molecular complexity index is 830. The molecule has 1 fully saturated rings. The first kappa shape index (κ1) is 19.6. The van der Waals surface area contributed by atoms with Crippen LogP contribution in [0.25, 0.3) is 0 Å². The van der Waals surface area contributed by atoms with Crippen molar-refractivity contribution in [3.8, 4) is 0 Å². The van der Waals surface area contributed by atoms with E-state index in [1.807, 2.05) is 6.20 Å². The fraction of sp³-hybridized carbons (Fsp3) is 0.565. The molecule has 0 spiro atoms. The van der Waals surface area contributed by atoms with Crippen LogP contribution in [-0.4, -0.2) is 40.3 Å². The summed E-state index contributed by atoms with van der Waals surface area (Å²) in [5, 5.41) is 2.10. The molecule has 0 unspecified atom stereocenters. The number of amides is 1. The zero-order valence-electron chi connectivity index (χ0n) is 17.3. The van der Waals surface area contributed by atoms with Crippen LogP contribution < -0.4 is 0 Å². The average molecular weight is 398 g/mol. The zero-order chi connectivity index (χ0) is 19.7. The molecule has 4 nitrogen and oxygen atoms in total. The van der Waals surface area contributed by atoms with Crippen molar-refractivity contribution in [3.05, 3.63) is 51.0 Å². The van der Waals surface area contributed by atoms with Gasteiger partial charge in [-0.2, -0.15) is 0 Å². The Balaban J connectivity index is 1.41. The quantitative estimate of drug-likeness (QED) is 0.761. The fourth-order valence-electron chi connectivity index (χ4n) is 4.17. The van der Waals surface area contributed by atoms with Crippen LogP contribution in [0, 0.1) is 5.41 Å². The first-order chi connectivity index (χ1) is 13.4. The number of rotatable bonds is 4. The number of nitrogens with zero attached hydrogens (tertiary/aromatic N) is 3. The van der Waals surface area contributed by atoms with Gasteiger partial charge < -0.3 is 4.90 Å². The van der Waals surface area contributed by atoms with E-state index in [1.165, 1.54) is 16.0 Å². The van der Waals surface area contributed by atoms with Crippen LogP contribution in [0.2, 0.25) is 0 Å². The molecule has 0 aromatic carbocycles. The Morgan fingerprint density at radius 2 is 2.00 bits per heavy atom. The summed E-state index contributed by atoms with van der Waals surface area (Å²) in [6, 6.07) is 4.33. The molecule has 0 atom stereocenters. The van der Waals surface area contributed by atoms with E-state index in [2.05, 4.69) is 53.1 Å². The van der Waals surface area contributed by atoms with Crippen molar-refractivity contribution in [3.63, 3.8) is 0 Å². The molecule has 4 rings (SSSR count). The number of fused-ring (bicyclic) bond motifs is 1. The maximum atomic E-state index is 13.1.